The molecule has 2 N–H and O–H groups in total. The summed E-state index contributed by atoms with van der Waals surface area (Å²) in [7, 11) is 0. The minimum absolute atomic E-state index is 0.245. The number of nitrogens with zero attached hydrogens (tertiary/aromatic N) is 2. The van der Waals surface area contributed by atoms with Gasteiger partial charge in [0.1, 0.15) is 11.8 Å². The number of benzene rings is 2. The van der Waals surface area contributed by atoms with Crippen molar-refractivity contribution in [1.29, 1.82) is 0 Å². The number of thiazole rings is 1. The number of ether oxygens (including phenoxy) is 1. The Bertz CT molecular complexity index is 1670. The first kappa shape index (κ1) is 24.4. The van der Waals surface area contributed by atoms with Crippen molar-refractivity contribution in [2.24, 2.45) is 4.99 Å². The lowest BCUT2D eigenvalue weighted by Gasteiger charge is -2.24. The number of hydrogen-bond acceptors (Lipinski definition) is 7. The van der Waals surface area contributed by atoms with Gasteiger partial charge in [-0.1, -0.05) is 47.7 Å². The second-order valence-corrected chi connectivity index (χ2v) is 10.2. The largest absolute Gasteiger partial charge is 0.482 e. The van der Waals surface area contributed by atoms with Gasteiger partial charge in [0.15, 0.2) is 11.4 Å². The van der Waals surface area contributed by atoms with Crippen molar-refractivity contribution in [3.8, 4) is 5.75 Å². The summed E-state index contributed by atoms with van der Waals surface area (Å²) in [6.07, 6.45) is 1.75. The van der Waals surface area contributed by atoms with Crippen LogP contribution in [0.1, 0.15) is 23.4 Å². The van der Waals surface area contributed by atoms with E-state index in [2.05, 4.69) is 10.3 Å². The lowest BCUT2D eigenvalue weighted by molar-refractivity contribution is -0.139. The fourth-order valence-corrected chi connectivity index (χ4v) is 5.87. The highest BCUT2D eigenvalue weighted by Gasteiger charge is 2.33. The molecule has 2 aromatic heterocycles. The molecule has 0 spiro atoms. The van der Waals surface area contributed by atoms with Crippen molar-refractivity contribution < 1.29 is 19.4 Å². The number of allylic oxidation sites excluding steroid dienone is 1. The van der Waals surface area contributed by atoms with Gasteiger partial charge in [0.05, 0.1) is 15.8 Å². The Hall–Kier alpha value is -4.28. The van der Waals surface area contributed by atoms with Crippen LogP contribution in [0, 0.1) is 0 Å². The number of rotatable bonds is 7. The summed E-state index contributed by atoms with van der Waals surface area (Å²) in [5.41, 5.74) is 2.14. The Kier molecular flexibility index (Phi) is 6.85. The first-order chi connectivity index (χ1) is 17.9. The number of carbonyl (C=O) groups excluding carboxylic acids is 1. The van der Waals surface area contributed by atoms with Crippen molar-refractivity contribution >= 4 is 46.3 Å². The maximum absolute atomic E-state index is 13.6. The Labute approximate surface area is 219 Å². The molecule has 0 unspecified atom stereocenters. The van der Waals surface area contributed by atoms with Gasteiger partial charge in [-0.3, -0.25) is 14.2 Å². The van der Waals surface area contributed by atoms with E-state index in [0.29, 0.717) is 32.0 Å². The van der Waals surface area contributed by atoms with Gasteiger partial charge in [0, 0.05) is 10.6 Å². The van der Waals surface area contributed by atoms with Crippen LogP contribution in [0.5, 0.6) is 5.75 Å². The number of para-hydroxylation sites is 1. The lowest BCUT2D eigenvalue weighted by atomic mass is 10.0. The van der Waals surface area contributed by atoms with Crippen molar-refractivity contribution in [3.05, 3.63) is 114 Å². The number of carboxylic acids is 1. The highest BCUT2D eigenvalue weighted by Crippen LogP contribution is 2.33. The molecule has 0 saturated carbocycles. The Morgan fingerprint density at radius 2 is 1.86 bits per heavy atom. The van der Waals surface area contributed by atoms with Crippen LogP contribution in [-0.4, -0.2) is 28.2 Å². The molecule has 1 amide bonds. The summed E-state index contributed by atoms with van der Waals surface area (Å²) in [6.45, 7) is 1.35. The number of carboxylic acid groups (broad SMARTS) is 1. The molecule has 10 heteroatoms. The van der Waals surface area contributed by atoms with Crippen LogP contribution >= 0.6 is 22.7 Å². The molecule has 37 heavy (non-hydrogen) atoms. The molecule has 1 atom stereocenters. The number of fused-ring (bicyclic) bond motifs is 1. The highest BCUT2D eigenvalue weighted by molar-refractivity contribution is 7.10. The van der Waals surface area contributed by atoms with Crippen molar-refractivity contribution in [1.82, 2.24) is 4.57 Å². The zero-order valence-corrected chi connectivity index (χ0v) is 21.2. The quantitative estimate of drug-likeness (QED) is 0.380. The molecular formula is C27H21N3O5S2. The van der Waals surface area contributed by atoms with Crippen LogP contribution in [0.3, 0.4) is 0 Å². The topological polar surface area (TPSA) is 110 Å². The normalized spacial score (nSPS) is 15.2. The minimum atomic E-state index is -1.06. The number of hydrogen-bond donors (Lipinski definition) is 2. The number of aliphatic carboxylic acids is 1. The predicted molar refractivity (Wildman–Crippen MR) is 143 cm³/mol. The molecule has 1 aliphatic rings. The number of anilines is 1. The maximum atomic E-state index is 13.6. The molecule has 8 nitrogen and oxygen atoms in total. The third-order valence-corrected chi connectivity index (χ3v) is 7.56. The Morgan fingerprint density at radius 1 is 1.11 bits per heavy atom. The van der Waals surface area contributed by atoms with Crippen LogP contribution in [0.15, 0.2) is 93.2 Å². The number of aromatic nitrogens is 1. The average molecular weight is 532 g/mol. The number of nitrogens with one attached hydrogen (secondary N) is 1. The molecule has 3 heterocycles. The van der Waals surface area contributed by atoms with E-state index in [1.165, 1.54) is 22.7 Å². The van der Waals surface area contributed by atoms with Gasteiger partial charge < -0.3 is 15.2 Å². The Morgan fingerprint density at radius 3 is 2.54 bits per heavy atom. The molecule has 0 radical (unpaired) electrons. The molecule has 186 valence electrons. The van der Waals surface area contributed by atoms with Crippen LogP contribution in [0.2, 0.25) is 0 Å². The standard InChI is InChI=1S/C27H21N3O5S2/c1-16-23(25(33)29-18-6-3-2-4-7-18)24(20-8-5-13-36-20)30-26(34)21(37-27(30)28-16)14-17-9-11-19(12-10-17)35-15-22(31)32/h2-14,24H,15H2,1H3,(H,29,33)(H,31,32)/b21-14-/t24-/m1/s1. The average Bonchev–Trinajstić information content (AvgIpc) is 3.52. The maximum Gasteiger partial charge on any atom is 0.341 e. The first-order valence-corrected chi connectivity index (χ1v) is 13.0. The fraction of sp³-hybridized carbons (Fsp3) is 0.111. The second kappa shape index (κ2) is 10.4. The molecular weight excluding hydrogens is 510 g/mol. The fourth-order valence-electron chi connectivity index (χ4n) is 4.00. The summed E-state index contributed by atoms with van der Waals surface area (Å²) in [5, 5.41) is 13.6. The third kappa shape index (κ3) is 5.16. The zero-order valence-electron chi connectivity index (χ0n) is 19.6. The smallest absolute Gasteiger partial charge is 0.341 e. The molecule has 5 rings (SSSR count). The number of amides is 1. The van der Waals surface area contributed by atoms with Crippen LogP contribution in [0.4, 0.5) is 5.69 Å². The summed E-state index contributed by atoms with van der Waals surface area (Å²) in [6, 6.07) is 19.2. The van der Waals surface area contributed by atoms with Gasteiger partial charge in [-0.15, -0.1) is 11.3 Å². The number of thiophene rings is 1. The molecule has 0 saturated heterocycles. The zero-order chi connectivity index (χ0) is 25.9. The van der Waals surface area contributed by atoms with Gasteiger partial charge in [-0.2, -0.15) is 0 Å². The van der Waals surface area contributed by atoms with Gasteiger partial charge >= 0.3 is 5.97 Å². The van der Waals surface area contributed by atoms with Crippen molar-refractivity contribution in [2.75, 3.05) is 11.9 Å². The van der Waals surface area contributed by atoms with Gasteiger partial charge in [-0.25, -0.2) is 9.79 Å². The molecule has 1 aliphatic heterocycles. The number of carbonyl (C=O) groups is 2. The van der Waals surface area contributed by atoms with Crippen LogP contribution < -0.4 is 24.9 Å². The van der Waals surface area contributed by atoms with E-state index in [-0.39, 0.29) is 11.5 Å². The lowest BCUT2D eigenvalue weighted by Crippen LogP contribution is -2.40. The van der Waals surface area contributed by atoms with Crippen LogP contribution in [-0.2, 0) is 9.59 Å². The monoisotopic (exact) mass is 531 g/mol. The summed E-state index contributed by atoms with van der Waals surface area (Å²) < 4.78 is 7.23. The summed E-state index contributed by atoms with van der Waals surface area (Å²) in [4.78, 5) is 43.8. The van der Waals surface area contributed by atoms with Gasteiger partial charge in [0.2, 0.25) is 0 Å². The van der Waals surface area contributed by atoms with Gasteiger partial charge in [0.25, 0.3) is 11.5 Å². The van der Waals surface area contributed by atoms with E-state index in [4.69, 9.17) is 9.84 Å². The molecule has 2 aromatic carbocycles. The highest BCUT2D eigenvalue weighted by atomic mass is 32.1. The van der Waals surface area contributed by atoms with E-state index in [1.807, 2.05) is 35.7 Å². The second-order valence-electron chi connectivity index (χ2n) is 8.17. The molecule has 0 fully saturated rings. The van der Waals surface area contributed by atoms with Crippen molar-refractivity contribution in [3.63, 3.8) is 0 Å². The predicted octanol–water partition coefficient (Wildman–Crippen LogP) is 3.40. The van der Waals surface area contributed by atoms with Crippen LogP contribution in [0.25, 0.3) is 6.08 Å². The van der Waals surface area contributed by atoms with Crippen molar-refractivity contribution in [2.45, 2.75) is 13.0 Å². The van der Waals surface area contributed by atoms with Gasteiger partial charge in [-0.05, 0) is 54.3 Å². The van der Waals surface area contributed by atoms with E-state index in [0.717, 1.165) is 10.4 Å². The van der Waals surface area contributed by atoms with E-state index < -0.39 is 18.6 Å². The SMILES string of the molecule is CC1=C(C(=O)Nc2ccccc2)[C@@H](c2cccs2)n2c(s/c(=C\c3ccc(OCC(=O)O)cc3)c2=O)=N1. The molecule has 4 aromatic rings. The van der Waals surface area contributed by atoms with E-state index >= 15 is 0 Å². The minimum Gasteiger partial charge on any atom is -0.482 e. The first-order valence-electron chi connectivity index (χ1n) is 11.3. The summed E-state index contributed by atoms with van der Waals surface area (Å²) in [5.74, 6) is -0.946. The molecule has 0 bridgehead atoms. The van der Waals surface area contributed by atoms with E-state index in [1.54, 1.807) is 54.0 Å². The Balaban J connectivity index is 1.54. The summed E-state index contributed by atoms with van der Waals surface area (Å²) >= 11 is 2.73. The molecule has 0 aliphatic carbocycles. The third-order valence-electron chi connectivity index (χ3n) is 5.65. The van der Waals surface area contributed by atoms with E-state index in [9.17, 15) is 14.4 Å².